The van der Waals surface area contributed by atoms with Gasteiger partial charge in [-0.3, -0.25) is 10.8 Å². The highest BCUT2D eigenvalue weighted by atomic mass is 16.5. The molecule has 0 aliphatic carbocycles. The van der Waals surface area contributed by atoms with Crippen molar-refractivity contribution < 1.29 is 9.47 Å². The predicted octanol–water partition coefficient (Wildman–Crippen LogP) is 1.66. The number of pyridine rings is 1. The molecule has 1 heterocycles. The first-order valence-electron chi connectivity index (χ1n) is 6.22. The van der Waals surface area contributed by atoms with Crippen LogP contribution in [0, 0.1) is 5.92 Å². The van der Waals surface area contributed by atoms with Crippen LogP contribution < -0.4 is 16.0 Å². The van der Waals surface area contributed by atoms with Gasteiger partial charge in [-0.15, -0.1) is 0 Å². The molecular weight excluding hydrogens is 230 g/mol. The standard InChI is InChI=1S/C13H23N3O2/c1-5-18-13(9(2)3)12(16-14)11-10(17-4)7-6-8-15-11/h6-9,12-13,16H,5,14H2,1-4H3. The van der Waals surface area contributed by atoms with Crippen molar-refractivity contribution in [1.29, 1.82) is 0 Å². The van der Waals surface area contributed by atoms with Crippen LogP contribution in [0.15, 0.2) is 18.3 Å². The summed E-state index contributed by atoms with van der Waals surface area (Å²) >= 11 is 0. The molecule has 0 amide bonds. The number of ether oxygens (including phenoxy) is 2. The number of hydrazine groups is 1. The van der Waals surface area contributed by atoms with Gasteiger partial charge in [0.05, 0.1) is 19.3 Å². The molecule has 2 unspecified atom stereocenters. The molecule has 2 atom stereocenters. The molecule has 0 saturated heterocycles. The van der Waals surface area contributed by atoms with E-state index in [-0.39, 0.29) is 12.1 Å². The number of nitrogens with zero attached hydrogens (tertiary/aromatic N) is 1. The zero-order chi connectivity index (χ0) is 13.5. The van der Waals surface area contributed by atoms with E-state index in [4.69, 9.17) is 15.3 Å². The number of hydrogen-bond donors (Lipinski definition) is 2. The van der Waals surface area contributed by atoms with Crippen molar-refractivity contribution in [1.82, 2.24) is 10.4 Å². The van der Waals surface area contributed by atoms with Crippen LogP contribution in [0.5, 0.6) is 5.75 Å². The monoisotopic (exact) mass is 253 g/mol. The minimum absolute atomic E-state index is 0.0520. The Morgan fingerprint density at radius 3 is 2.67 bits per heavy atom. The van der Waals surface area contributed by atoms with Crippen molar-refractivity contribution >= 4 is 0 Å². The summed E-state index contributed by atoms with van der Waals surface area (Å²) in [7, 11) is 1.62. The van der Waals surface area contributed by atoms with Crippen LogP contribution in [-0.4, -0.2) is 24.8 Å². The minimum Gasteiger partial charge on any atom is -0.495 e. The van der Waals surface area contributed by atoms with Gasteiger partial charge in [-0.1, -0.05) is 13.8 Å². The summed E-state index contributed by atoms with van der Waals surface area (Å²) in [6.45, 7) is 6.80. The first-order chi connectivity index (χ1) is 8.65. The van der Waals surface area contributed by atoms with Gasteiger partial charge in [0, 0.05) is 12.8 Å². The number of rotatable bonds is 7. The Morgan fingerprint density at radius 1 is 1.44 bits per heavy atom. The lowest BCUT2D eigenvalue weighted by Gasteiger charge is -2.29. The lowest BCUT2D eigenvalue weighted by atomic mass is 9.96. The third-order valence-corrected chi connectivity index (χ3v) is 2.84. The molecule has 0 fully saturated rings. The highest BCUT2D eigenvalue weighted by Crippen LogP contribution is 2.28. The molecule has 0 spiro atoms. The maximum absolute atomic E-state index is 5.77. The molecule has 1 rings (SSSR count). The molecule has 1 aromatic rings. The topological polar surface area (TPSA) is 69.4 Å². The Labute approximate surface area is 109 Å². The summed E-state index contributed by atoms with van der Waals surface area (Å²) in [5, 5.41) is 0. The molecule has 0 aliphatic rings. The van der Waals surface area contributed by atoms with E-state index < -0.39 is 0 Å². The van der Waals surface area contributed by atoms with Crippen molar-refractivity contribution in [3.05, 3.63) is 24.0 Å². The summed E-state index contributed by atoms with van der Waals surface area (Å²) in [5.41, 5.74) is 3.56. The highest BCUT2D eigenvalue weighted by Gasteiger charge is 2.29. The van der Waals surface area contributed by atoms with Gasteiger partial charge in [0.15, 0.2) is 0 Å². The van der Waals surface area contributed by atoms with Gasteiger partial charge in [0.2, 0.25) is 0 Å². The molecule has 1 aromatic heterocycles. The maximum Gasteiger partial charge on any atom is 0.142 e. The molecule has 0 aromatic carbocycles. The smallest absolute Gasteiger partial charge is 0.142 e. The van der Waals surface area contributed by atoms with Gasteiger partial charge in [0.25, 0.3) is 0 Å². The second-order valence-corrected chi connectivity index (χ2v) is 4.40. The van der Waals surface area contributed by atoms with Crippen molar-refractivity contribution in [3.8, 4) is 5.75 Å². The second kappa shape index (κ2) is 7.31. The number of nitrogens with one attached hydrogen (secondary N) is 1. The minimum atomic E-state index is -0.193. The van der Waals surface area contributed by atoms with Gasteiger partial charge in [-0.25, -0.2) is 5.43 Å². The third kappa shape index (κ3) is 3.41. The molecule has 3 N–H and O–H groups in total. The summed E-state index contributed by atoms with van der Waals surface area (Å²) in [6, 6.07) is 3.51. The molecule has 0 radical (unpaired) electrons. The van der Waals surface area contributed by atoms with Crippen LogP contribution in [0.25, 0.3) is 0 Å². The first kappa shape index (κ1) is 14.9. The zero-order valence-corrected chi connectivity index (χ0v) is 11.5. The summed E-state index contributed by atoms with van der Waals surface area (Å²) in [6.07, 6.45) is 1.68. The molecule has 0 saturated carbocycles. The van der Waals surface area contributed by atoms with E-state index in [0.717, 1.165) is 5.69 Å². The zero-order valence-electron chi connectivity index (χ0n) is 11.5. The van der Waals surface area contributed by atoms with Crippen molar-refractivity contribution in [3.63, 3.8) is 0 Å². The molecule has 18 heavy (non-hydrogen) atoms. The number of aromatic nitrogens is 1. The van der Waals surface area contributed by atoms with E-state index in [2.05, 4.69) is 24.3 Å². The van der Waals surface area contributed by atoms with E-state index >= 15 is 0 Å². The summed E-state index contributed by atoms with van der Waals surface area (Å²) < 4.78 is 11.1. The first-order valence-corrected chi connectivity index (χ1v) is 6.22. The molecule has 102 valence electrons. The maximum atomic E-state index is 5.77. The largest absolute Gasteiger partial charge is 0.495 e. The Balaban J connectivity index is 3.06. The SMILES string of the molecule is CCOC(C(C)C)C(NN)c1ncccc1OC. The van der Waals surface area contributed by atoms with Crippen LogP contribution in [0.2, 0.25) is 0 Å². The summed E-state index contributed by atoms with van der Waals surface area (Å²) in [5.74, 6) is 6.70. The van der Waals surface area contributed by atoms with E-state index in [9.17, 15) is 0 Å². The lowest BCUT2D eigenvalue weighted by molar-refractivity contribution is 0.00121. The van der Waals surface area contributed by atoms with Gasteiger partial charge < -0.3 is 9.47 Å². The number of methoxy groups -OCH3 is 1. The lowest BCUT2D eigenvalue weighted by Crippen LogP contribution is -2.41. The van der Waals surface area contributed by atoms with Gasteiger partial charge in [0.1, 0.15) is 11.4 Å². The summed E-state index contributed by atoms with van der Waals surface area (Å²) in [4.78, 5) is 4.36. The Bertz CT molecular complexity index is 358. The highest BCUT2D eigenvalue weighted by molar-refractivity contribution is 5.30. The van der Waals surface area contributed by atoms with Crippen LogP contribution >= 0.6 is 0 Å². The van der Waals surface area contributed by atoms with Gasteiger partial charge in [-0.2, -0.15) is 0 Å². The molecule has 0 bridgehead atoms. The average molecular weight is 253 g/mol. The second-order valence-electron chi connectivity index (χ2n) is 4.40. The molecule has 0 aliphatic heterocycles. The normalized spacial score (nSPS) is 14.6. The number of nitrogens with two attached hydrogens (primary N) is 1. The predicted molar refractivity (Wildman–Crippen MR) is 71.1 cm³/mol. The van der Waals surface area contributed by atoms with Crippen LogP contribution in [0.1, 0.15) is 32.5 Å². The van der Waals surface area contributed by atoms with Crippen LogP contribution in [-0.2, 0) is 4.74 Å². The van der Waals surface area contributed by atoms with E-state index in [1.807, 2.05) is 19.1 Å². The molecule has 5 nitrogen and oxygen atoms in total. The fourth-order valence-electron chi connectivity index (χ4n) is 2.00. The average Bonchev–Trinajstić information content (AvgIpc) is 2.39. The Morgan fingerprint density at radius 2 is 2.17 bits per heavy atom. The van der Waals surface area contributed by atoms with Crippen LogP contribution in [0.3, 0.4) is 0 Å². The van der Waals surface area contributed by atoms with Gasteiger partial charge in [-0.05, 0) is 25.0 Å². The Kier molecular flexibility index (Phi) is 6.04. The fourth-order valence-corrected chi connectivity index (χ4v) is 2.00. The van der Waals surface area contributed by atoms with Crippen LogP contribution in [0.4, 0.5) is 0 Å². The van der Waals surface area contributed by atoms with E-state index in [1.165, 1.54) is 0 Å². The fraction of sp³-hybridized carbons (Fsp3) is 0.615. The van der Waals surface area contributed by atoms with Gasteiger partial charge >= 0.3 is 0 Å². The van der Waals surface area contributed by atoms with E-state index in [0.29, 0.717) is 18.3 Å². The van der Waals surface area contributed by atoms with Crippen molar-refractivity contribution in [2.75, 3.05) is 13.7 Å². The molecular formula is C13H23N3O2. The third-order valence-electron chi connectivity index (χ3n) is 2.84. The van der Waals surface area contributed by atoms with E-state index in [1.54, 1.807) is 13.3 Å². The quantitative estimate of drug-likeness (QED) is 0.571. The molecule has 5 heteroatoms. The van der Waals surface area contributed by atoms with Crippen molar-refractivity contribution in [2.45, 2.75) is 32.9 Å². The number of hydrogen-bond acceptors (Lipinski definition) is 5. The van der Waals surface area contributed by atoms with Crippen molar-refractivity contribution in [2.24, 2.45) is 11.8 Å². The Hall–Kier alpha value is -1.17.